The van der Waals surface area contributed by atoms with Crippen molar-refractivity contribution in [1.29, 1.82) is 0 Å². The fourth-order valence-corrected chi connectivity index (χ4v) is 1.76. The lowest BCUT2D eigenvalue weighted by atomic mass is 9.98. The summed E-state index contributed by atoms with van der Waals surface area (Å²) in [6.45, 7) is 3.96. The largest absolute Gasteiger partial charge is 0.507 e. The van der Waals surface area contributed by atoms with Crippen LogP contribution in [0.4, 0.5) is 4.39 Å². The lowest BCUT2D eigenvalue weighted by Crippen LogP contribution is -1.86. The molecule has 0 unspecified atom stereocenters. The molecule has 0 aliphatic rings. The molecule has 1 nitrogen and oxygen atoms in total. The average molecular weight is 216 g/mol. The maximum atomic E-state index is 12.9. The van der Waals surface area contributed by atoms with Crippen LogP contribution in [0.1, 0.15) is 11.1 Å². The molecule has 0 bridgehead atoms. The van der Waals surface area contributed by atoms with Gasteiger partial charge in [-0.3, -0.25) is 0 Å². The maximum absolute atomic E-state index is 12.9. The van der Waals surface area contributed by atoms with Crippen LogP contribution in [0.3, 0.4) is 0 Å². The van der Waals surface area contributed by atoms with Gasteiger partial charge in [-0.05, 0) is 37.1 Å². The van der Waals surface area contributed by atoms with Crippen molar-refractivity contribution >= 4 is 0 Å². The zero-order valence-electron chi connectivity index (χ0n) is 9.29. The van der Waals surface area contributed by atoms with Crippen LogP contribution >= 0.6 is 0 Å². The molecule has 0 fully saturated rings. The maximum Gasteiger partial charge on any atom is 0.126 e. The van der Waals surface area contributed by atoms with E-state index in [-0.39, 0.29) is 5.75 Å². The predicted octanol–water partition coefficient (Wildman–Crippen LogP) is 3.82. The van der Waals surface area contributed by atoms with E-state index in [1.54, 1.807) is 6.07 Å². The number of aromatic hydroxyl groups is 1. The van der Waals surface area contributed by atoms with Gasteiger partial charge in [-0.25, -0.2) is 4.39 Å². The third-order valence-corrected chi connectivity index (χ3v) is 2.64. The second-order valence-corrected chi connectivity index (χ2v) is 3.98. The van der Waals surface area contributed by atoms with Crippen LogP contribution < -0.4 is 0 Å². The van der Waals surface area contributed by atoms with E-state index in [1.807, 2.05) is 32.0 Å². The molecule has 0 atom stereocenters. The molecule has 0 aliphatic heterocycles. The molecule has 0 amide bonds. The summed E-state index contributed by atoms with van der Waals surface area (Å²) >= 11 is 0. The third-order valence-electron chi connectivity index (χ3n) is 2.64. The van der Waals surface area contributed by atoms with Gasteiger partial charge in [0.2, 0.25) is 0 Å². The zero-order valence-corrected chi connectivity index (χ0v) is 9.29. The van der Waals surface area contributed by atoms with Gasteiger partial charge in [0.25, 0.3) is 0 Å². The third kappa shape index (κ3) is 1.91. The van der Waals surface area contributed by atoms with Gasteiger partial charge in [0.15, 0.2) is 0 Å². The van der Waals surface area contributed by atoms with Gasteiger partial charge in [-0.1, -0.05) is 23.8 Å². The highest BCUT2D eigenvalue weighted by Crippen LogP contribution is 2.32. The van der Waals surface area contributed by atoms with Gasteiger partial charge in [0, 0.05) is 11.6 Å². The molecule has 0 heterocycles. The smallest absolute Gasteiger partial charge is 0.126 e. The number of benzene rings is 2. The summed E-state index contributed by atoms with van der Waals surface area (Å²) in [5.74, 6) is -0.444. The van der Waals surface area contributed by atoms with Crippen LogP contribution in [0, 0.1) is 19.7 Å². The minimum atomic E-state index is -0.424. The van der Waals surface area contributed by atoms with Crippen LogP contribution in [-0.2, 0) is 0 Å². The Bertz CT molecular complexity index is 532. The molecule has 0 aromatic heterocycles. The Hall–Kier alpha value is -1.83. The number of hydrogen-bond donors (Lipinski definition) is 1. The summed E-state index contributed by atoms with van der Waals surface area (Å²) in [7, 11) is 0. The molecular formula is C14H13FO. The number of halogens is 1. The lowest BCUT2D eigenvalue weighted by molar-refractivity contribution is 0.471. The van der Waals surface area contributed by atoms with E-state index < -0.39 is 5.82 Å². The molecule has 0 saturated heterocycles. The Kier molecular flexibility index (Phi) is 2.65. The van der Waals surface area contributed by atoms with Crippen LogP contribution in [-0.4, -0.2) is 5.11 Å². The number of phenols is 1. The first kappa shape index (κ1) is 10.7. The normalized spacial score (nSPS) is 10.4. The summed E-state index contributed by atoms with van der Waals surface area (Å²) in [4.78, 5) is 0. The standard InChI is InChI=1S/C14H13FO/c1-9-3-4-10(2)13(7-9)12-6-5-11(15)8-14(12)16/h3-8,16H,1-2H3. The number of aryl methyl sites for hydroxylation is 2. The topological polar surface area (TPSA) is 20.2 Å². The monoisotopic (exact) mass is 216 g/mol. The second kappa shape index (κ2) is 3.97. The molecule has 0 aliphatic carbocycles. The average Bonchev–Trinajstić information content (AvgIpc) is 2.22. The van der Waals surface area contributed by atoms with E-state index in [0.29, 0.717) is 5.56 Å². The Morgan fingerprint density at radius 3 is 2.38 bits per heavy atom. The van der Waals surface area contributed by atoms with Gasteiger partial charge in [-0.2, -0.15) is 0 Å². The zero-order chi connectivity index (χ0) is 11.7. The lowest BCUT2D eigenvalue weighted by Gasteiger charge is -2.09. The molecule has 2 rings (SSSR count). The predicted molar refractivity (Wildman–Crippen MR) is 63.0 cm³/mol. The summed E-state index contributed by atoms with van der Waals surface area (Å²) in [5, 5.41) is 9.72. The Morgan fingerprint density at radius 2 is 1.69 bits per heavy atom. The van der Waals surface area contributed by atoms with Crippen molar-refractivity contribution in [2.45, 2.75) is 13.8 Å². The number of rotatable bonds is 1. The van der Waals surface area contributed by atoms with Crippen LogP contribution in [0.25, 0.3) is 11.1 Å². The van der Waals surface area contributed by atoms with Crippen LogP contribution in [0.15, 0.2) is 36.4 Å². The molecule has 16 heavy (non-hydrogen) atoms. The van der Waals surface area contributed by atoms with Crippen molar-refractivity contribution in [3.8, 4) is 16.9 Å². The number of phenolic OH excluding ortho intramolecular Hbond substituents is 1. The first-order valence-corrected chi connectivity index (χ1v) is 5.14. The Labute approximate surface area is 94.2 Å². The molecule has 2 heteroatoms. The summed E-state index contributed by atoms with van der Waals surface area (Å²) in [5.41, 5.74) is 3.79. The van der Waals surface area contributed by atoms with Crippen molar-refractivity contribution < 1.29 is 9.50 Å². The first-order valence-electron chi connectivity index (χ1n) is 5.14. The van der Waals surface area contributed by atoms with Crippen molar-refractivity contribution in [2.24, 2.45) is 0 Å². The van der Waals surface area contributed by atoms with Gasteiger partial charge in [0.1, 0.15) is 11.6 Å². The molecular weight excluding hydrogens is 203 g/mol. The minimum absolute atomic E-state index is 0.0197. The van der Waals surface area contributed by atoms with E-state index in [1.165, 1.54) is 6.07 Å². The molecule has 0 spiro atoms. The van der Waals surface area contributed by atoms with Crippen LogP contribution in [0.5, 0.6) is 5.75 Å². The molecule has 2 aromatic carbocycles. The fourth-order valence-electron chi connectivity index (χ4n) is 1.76. The highest BCUT2D eigenvalue weighted by molar-refractivity contribution is 5.73. The molecule has 1 N–H and O–H groups in total. The van der Waals surface area contributed by atoms with Crippen molar-refractivity contribution in [2.75, 3.05) is 0 Å². The van der Waals surface area contributed by atoms with E-state index in [0.717, 1.165) is 22.8 Å². The van der Waals surface area contributed by atoms with Gasteiger partial charge in [0.05, 0.1) is 0 Å². The molecule has 0 saturated carbocycles. The molecule has 82 valence electrons. The van der Waals surface area contributed by atoms with Gasteiger partial charge < -0.3 is 5.11 Å². The summed E-state index contributed by atoms with van der Waals surface area (Å²) < 4.78 is 12.9. The van der Waals surface area contributed by atoms with E-state index >= 15 is 0 Å². The Balaban J connectivity index is 2.62. The molecule has 2 aromatic rings. The van der Waals surface area contributed by atoms with Crippen molar-refractivity contribution in [3.63, 3.8) is 0 Å². The minimum Gasteiger partial charge on any atom is -0.507 e. The fraction of sp³-hybridized carbons (Fsp3) is 0.143. The van der Waals surface area contributed by atoms with Crippen molar-refractivity contribution in [1.82, 2.24) is 0 Å². The molecule has 0 radical (unpaired) electrons. The number of hydrogen-bond acceptors (Lipinski definition) is 1. The SMILES string of the molecule is Cc1ccc(C)c(-c2ccc(F)cc2O)c1. The second-order valence-electron chi connectivity index (χ2n) is 3.98. The Morgan fingerprint density at radius 1 is 0.938 bits per heavy atom. The quantitative estimate of drug-likeness (QED) is 0.768. The van der Waals surface area contributed by atoms with E-state index in [2.05, 4.69) is 0 Å². The highest BCUT2D eigenvalue weighted by atomic mass is 19.1. The summed E-state index contributed by atoms with van der Waals surface area (Å²) in [6, 6.07) is 10.1. The first-order chi connectivity index (χ1) is 7.58. The van der Waals surface area contributed by atoms with Crippen LogP contribution in [0.2, 0.25) is 0 Å². The van der Waals surface area contributed by atoms with Crippen molar-refractivity contribution in [3.05, 3.63) is 53.3 Å². The van der Waals surface area contributed by atoms with E-state index in [4.69, 9.17) is 0 Å². The van der Waals surface area contributed by atoms with Gasteiger partial charge >= 0.3 is 0 Å². The highest BCUT2D eigenvalue weighted by Gasteiger charge is 2.08. The van der Waals surface area contributed by atoms with Gasteiger partial charge in [-0.15, -0.1) is 0 Å². The summed E-state index contributed by atoms with van der Waals surface area (Å²) in [6.07, 6.45) is 0. The van der Waals surface area contributed by atoms with E-state index in [9.17, 15) is 9.50 Å².